The lowest BCUT2D eigenvalue weighted by molar-refractivity contribution is -0.152. The van der Waals surface area contributed by atoms with Gasteiger partial charge in [0, 0.05) is 49.1 Å². The zero-order valence-electron chi connectivity index (χ0n) is 14.8. The summed E-state index contributed by atoms with van der Waals surface area (Å²) in [6, 6.07) is 7.31. The molecule has 0 unspecified atom stereocenters. The highest BCUT2D eigenvalue weighted by Crippen LogP contribution is 2.24. The van der Waals surface area contributed by atoms with E-state index in [1.807, 2.05) is 18.2 Å². The second-order valence-corrected chi connectivity index (χ2v) is 7.79. The number of benzene rings is 1. The van der Waals surface area contributed by atoms with Gasteiger partial charge in [-0.15, -0.1) is 0 Å². The summed E-state index contributed by atoms with van der Waals surface area (Å²) in [5, 5.41) is 0.859. The topological polar surface area (TPSA) is 74.1 Å². The first kappa shape index (κ1) is 18.0. The zero-order chi connectivity index (χ0) is 19.0. The Hall–Kier alpha value is -2.35. The number of rotatable bonds is 1. The van der Waals surface area contributed by atoms with Gasteiger partial charge >= 0.3 is 11.8 Å². The molecule has 0 spiro atoms. The van der Waals surface area contributed by atoms with Crippen LogP contribution in [0.1, 0.15) is 23.4 Å². The van der Waals surface area contributed by atoms with Crippen molar-refractivity contribution in [3.8, 4) is 0 Å². The second-order valence-electron chi connectivity index (χ2n) is 6.88. The van der Waals surface area contributed by atoms with Crippen molar-refractivity contribution in [1.82, 2.24) is 14.7 Å². The first-order chi connectivity index (χ1) is 13.0. The fraction of sp³-hybridized carbons (Fsp3) is 0.421. The van der Waals surface area contributed by atoms with Crippen LogP contribution in [0, 0.1) is 0 Å². The standard InChI is InChI=1S/C19H20BrN3O4/c20-14-3-4-15-13(11-14)12-16(27-15)17(24)22-7-9-23(10-8-22)19(26)18(25)21-5-1-2-6-21/h3-4,11-12H,1-2,5-10H2. The number of likely N-dealkylation sites (tertiary alicyclic amines) is 1. The SMILES string of the molecule is O=C(C(=O)N1CCN(C(=O)c2cc3cc(Br)ccc3o2)CC1)N1CCCC1. The van der Waals surface area contributed by atoms with Crippen molar-refractivity contribution in [3.05, 3.63) is 34.5 Å². The van der Waals surface area contributed by atoms with Gasteiger partial charge in [-0.25, -0.2) is 0 Å². The Morgan fingerprint density at radius 3 is 2.07 bits per heavy atom. The minimum absolute atomic E-state index is 0.194. The quantitative estimate of drug-likeness (QED) is 0.645. The van der Waals surface area contributed by atoms with E-state index in [9.17, 15) is 14.4 Å². The van der Waals surface area contributed by atoms with Crippen molar-refractivity contribution in [2.75, 3.05) is 39.3 Å². The highest BCUT2D eigenvalue weighted by molar-refractivity contribution is 9.10. The molecule has 142 valence electrons. The van der Waals surface area contributed by atoms with Gasteiger partial charge in [0.25, 0.3) is 5.91 Å². The molecule has 7 nitrogen and oxygen atoms in total. The zero-order valence-corrected chi connectivity index (χ0v) is 16.4. The van der Waals surface area contributed by atoms with E-state index < -0.39 is 11.8 Å². The third-order valence-corrected chi connectivity index (χ3v) is 5.61. The van der Waals surface area contributed by atoms with Crippen LogP contribution in [0.15, 0.2) is 33.2 Å². The highest BCUT2D eigenvalue weighted by atomic mass is 79.9. The van der Waals surface area contributed by atoms with Gasteiger partial charge in [0.15, 0.2) is 5.76 Å². The van der Waals surface area contributed by atoms with Gasteiger partial charge in [0.05, 0.1) is 0 Å². The largest absolute Gasteiger partial charge is 0.451 e. The maximum absolute atomic E-state index is 12.7. The van der Waals surface area contributed by atoms with Crippen molar-refractivity contribution < 1.29 is 18.8 Å². The van der Waals surface area contributed by atoms with Crippen LogP contribution in [0.4, 0.5) is 0 Å². The number of nitrogens with zero attached hydrogens (tertiary/aromatic N) is 3. The van der Waals surface area contributed by atoms with Crippen LogP contribution in [-0.2, 0) is 9.59 Å². The minimum atomic E-state index is -0.461. The van der Waals surface area contributed by atoms with Gasteiger partial charge in [0.2, 0.25) is 0 Å². The molecule has 2 fully saturated rings. The smallest absolute Gasteiger partial charge is 0.312 e. The van der Waals surface area contributed by atoms with Crippen molar-refractivity contribution >= 4 is 44.6 Å². The first-order valence-electron chi connectivity index (χ1n) is 9.09. The van der Waals surface area contributed by atoms with E-state index in [-0.39, 0.29) is 11.7 Å². The number of halogens is 1. The molecule has 0 radical (unpaired) electrons. The molecule has 0 N–H and O–H groups in total. The first-order valence-corrected chi connectivity index (χ1v) is 9.89. The Morgan fingerprint density at radius 2 is 1.41 bits per heavy atom. The van der Waals surface area contributed by atoms with Gasteiger partial charge in [-0.2, -0.15) is 0 Å². The predicted octanol–water partition coefficient (Wildman–Crippen LogP) is 2.10. The van der Waals surface area contributed by atoms with Gasteiger partial charge in [0.1, 0.15) is 5.58 Å². The van der Waals surface area contributed by atoms with Crippen LogP contribution in [0.2, 0.25) is 0 Å². The Balaban J connectivity index is 1.38. The minimum Gasteiger partial charge on any atom is -0.451 e. The molecule has 2 aliphatic rings. The van der Waals surface area contributed by atoms with Crippen LogP contribution >= 0.6 is 15.9 Å². The molecule has 27 heavy (non-hydrogen) atoms. The molecule has 0 bridgehead atoms. The van der Waals surface area contributed by atoms with Crippen molar-refractivity contribution in [1.29, 1.82) is 0 Å². The number of carbonyl (C=O) groups is 3. The number of fused-ring (bicyclic) bond motifs is 1. The Bertz CT molecular complexity index is 895. The van der Waals surface area contributed by atoms with Gasteiger partial charge < -0.3 is 19.1 Å². The monoisotopic (exact) mass is 433 g/mol. The van der Waals surface area contributed by atoms with E-state index in [1.54, 1.807) is 20.8 Å². The summed E-state index contributed by atoms with van der Waals surface area (Å²) in [5.74, 6) is -0.788. The Kier molecular flexibility index (Phi) is 4.90. The summed E-state index contributed by atoms with van der Waals surface area (Å²) in [6.45, 7) is 2.80. The number of hydrogen-bond acceptors (Lipinski definition) is 4. The molecule has 4 rings (SSSR count). The van der Waals surface area contributed by atoms with E-state index in [0.29, 0.717) is 44.9 Å². The number of amides is 3. The molecule has 1 aromatic carbocycles. The fourth-order valence-electron chi connectivity index (χ4n) is 3.58. The van der Waals surface area contributed by atoms with Crippen LogP contribution in [0.3, 0.4) is 0 Å². The predicted molar refractivity (Wildman–Crippen MR) is 102 cm³/mol. The van der Waals surface area contributed by atoms with E-state index >= 15 is 0 Å². The Morgan fingerprint density at radius 1 is 0.815 bits per heavy atom. The van der Waals surface area contributed by atoms with Crippen LogP contribution in [0.25, 0.3) is 11.0 Å². The van der Waals surface area contributed by atoms with Gasteiger partial charge in [-0.3, -0.25) is 14.4 Å². The van der Waals surface area contributed by atoms with Crippen LogP contribution in [0.5, 0.6) is 0 Å². The van der Waals surface area contributed by atoms with Crippen LogP contribution in [-0.4, -0.2) is 71.7 Å². The lowest BCUT2D eigenvalue weighted by Crippen LogP contribution is -2.54. The summed E-state index contributed by atoms with van der Waals surface area (Å²) in [5.41, 5.74) is 0.659. The van der Waals surface area contributed by atoms with E-state index in [1.165, 1.54) is 0 Å². The summed E-state index contributed by atoms with van der Waals surface area (Å²) in [7, 11) is 0. The second kappa shape index (κ2) is 7.34. The third kappa shape index (κ3) is 3.58. The molecular formula is C19H20BrN3O4. The number of carbonyl (C=O) groups excluding carboxylic acids is 3. The molecule has 8 heteroatoms. The molecule has 1 aromatic heterocycles. The van der Waals surface area contributed by atoms with Crippen molar-refractivity contribution in [3.63, 3.8) is 0 Å². The molecule has 2 aliphatic heterocycles. The molecule has 0 saturated carbocycles. The molecule has 0 aliphatic carbocycles. The fourth-order valence-corrected chi connectivity index (χ4v) is 3.96. The van der Waals surface area contributed by atoms with Gasteiger partial charge in [-0.1, -0.05) is 15.9 Å². The lowest BCUT2D eigenvalue weighted by atomic mass is 10.2. The highest BCUT2D eigenvalue weighted by Gasteiger charge is 2.32. The van der Waals surface area contributed by atoms with E-state index in [0.717, 1.165) is 22.7 Å². The Labute approximate surface area is 165 Å². The van der Waals surface area contributed by atoms with Crippen LogP contribution < -0.4 is 0 Å². The van der Waals surface area contributed by atoms with E-state index in [2.05, 4.69) is 15.9 Å². The van der Waals surface area contributed by atoms with E-state index in [4.69, 9.17) is 4.42 Å². The van der Waals surface area contributed by atoms with Crippen molar-refractivity contribution in [2.24, 2.45) is 0 Å². The summed E-state index contributed by atoms with van der Waals surface area (Å²) < 4.78 is 6.59. The molecule has 2 aromatic rings. The average Bonchev–Trinajstić information content (AvgIpc) is 3.36. The van der Waals surface area contributed by atoms with Crippen molar-refractivity contribution in [2.45, 2.75) is 12.8 Å². The average molecular weight is 434 g/mol. The summed E-state index contributed by atoms with van der Waals surface area (Å²) in [4.78, 5) is 42.2. The molecule has 3 heterocycles. The molecule has 0 atom stereocenters. The number of furan rings is 1. The maximum atomic E-state index is 12.7. The maximum Gasteiger partial charge on any atom is 0.312 e. The lowest BCUT2D eigenvalue weighted by Gasteiger charge is -2.34. The molecule has 2 saturated heterocycles. The summed E-state index contributed by atoms with van der Waals surface area (Å²) >= 11 is 3.41. The number of piperazine rings is 1. The molecule has 3 amide bonds. The normalized spacial score (nSPS) is 17.6. The third-order valence-electron chi connectivity index (χ3n) is 5.12. The molecular weight excluding hydrogens is 414 g/mol. The van der Waals surface area contributed by atoms with Gasteiger partial charge in [-0.05, 0) is 37.1 Å². The summed E-state index contributed by atoms with van der Waals surface area (Å²) in [6.07, 6.45) is 1.91. The number of hydrogen-bond donors (Lipinski definition) is 0.